The first-order valence-electron chi connectivity index (χ1n) is 6.48. The summed E-state index contributed by atoms with van der Waals surface area (Å²) >= 11 is 0. The monoisotopic (exact) mass is 269 g/mol. The highest BCUT2D eigenvalue weighted by molar-refractivity contribution is 5.94. The quantitative estimate of drug-likeness (QED) is 0.839. The third kappa shape index (κ3) is 3.51. The van der Waals surface area contributed by atoms with Gasteiger partial charge in [-0.25, -0.2) is 0 Å². The van der Waals surface area contributed by atoms with Crippen molar-refractivity contribution >= 4 is 23.0 Å². The Labute approximate surface area is 119 Å². The van der Waals surface area contributed by atoms with Gasteiger partial charge in [0, 0.05) is 24.1 Å². The van der Waals surface area contributed by atoms with E-state index in [-0.39, 0.29) is 5.91 Å². The van der Waals surface area contributed by atoms with Gasteiger partial charge in [-0.2, -0.15) is 0 Å². The summed E-state index contributed by atoms with van der Waals surface area (Å²) in [4.78, 5) is 14.0. The molecule has 2 aromatic carbocycles. The van der Waals surface area contributed by atoms with Gasteiger partial charge in [0.2, 0.25) is 5.91 Å². The first-order valence-corrected chi connectivity index (χ1v) is 6.48. The number of carbonyl (C=O) groups is 1. The second-order valence-electron chi connectivity index (χ2n) is 4.81. The van der Waals surface area contributed by atoms with E-state index in [0.717, 1.165) is 16.9 Å². The van der Waals surface area contributed by atoms with E-state index in [9.17, 15) is 4.79 Å². The summed E-state index contributed by atoms with van der Waals surface area (Å²) in [5, 5.41) is 2.90. The minimum Gasteiger partial charge on any atom is -0.399 e. The van der Waals surface area contributed by atoms with Crippen LogP contribution in [0.25, 0.3) is 0 Å². The van der Waals surface area contributed by atoms with Gasteiger partial charge in [0.25, 0.3) is 0 Å². The van der Waals surface area contributed by atoms with E-state index < -0.39 is 0 Å². The average Bonchev–Trinajstić information content (AvgIpc) is 2.43. The molecule has 4 nitrogen and oxygen atoms in total. The highest BCUT2D eigenvalue weighted by Gasteiger charge is 2.08. The van der Waals surface area contributed by atoms with Gasteiger partial charge in [-0.3, -0.25) is 4.79 Å². The maximum atomic E-state index is 12.0. The summed E-state index contributed by atoms with van der Waals surface area (Å²) in [7, 11) is 1.89. The first kappa shape index (κ1) is 13.9. The van der Waals surface area contributed by atoms with Crippen molar-refractivity contribution in [1.29, 1.82) is 0 Å². The third-order valence-corrected chi connectivity index (χ3v) is 3.10. The lowest BCUT2D eigenvalue weighted by atomic mass is 10.2. The molecule has 0 saturated carbocycles. The molecule has 0 spiro atoms. The lowest BCUT2D eigenvalue weighted by molar-refractivity contribution is -0.114. The average molecular weight is 269 g/mol. The molecule has 2 rings (SSSR count). The molecule has 0 aromatic heterocycles. The Hall–Kier alpha value is -2.49. The number of hydrogen-bond donors (Lipinski definition) is 2. The van der Waals surface area contributed by atoms with Gasteiger partial charge in [-0.05, 0) is 42.8 Å². The number of para-hydroxylation sites is 1. The van der Waals surface area contributed by atoms with Gasteiger partial charge in [0.15, 0.2) is 0 Å². The van der Waals surface area contributed by atoms with Crippen LogP contribution in [0.5, 0.6) is 0 Å². The van der Waals surface area contributed by atoms with E-state index >= 15 is 0 Å². The number of nitrogen functional groups attached to an aromatic ring is 1. The highest BCUT2D eigenvalue weighted by atomic mass is 16.2. The first-order chi connectivity index (χ1) is 9.56. The van der Waals surface area contributed by atoms with Crippen LogP contribution in [0.3, 0.4) is 0 Å². The van der Waals surface area contributed by atoms with Crippen LogP contribution in [-0.2, 0) is 4.79 Å². The van der Waals surface area contributed by atoms with Crippen LogP contribution >= 0.6 is 0 Å². The molecular weight excluding hydrogens is 250 g/mol. The predicted molar refractivity (Wildman–Crippen MR) is 83.9 cm³/mol. The molecule has 0 aliphatic rings. The number of nitrogens with two attached hydrogens (primary N) is 1. The maximum Gasteiger partial charge on any atom is 0.243 e. The summed E-state index contributed by atoms with van der Waals surface area (Å²) in [6.45, 7) is 2.22. The second kappa shape index (κ2) is 6.10. The number of likely N-dealkylation sites (N-methyl/N-ethyl adjacent to an activating group) is 1. The SMILES string of the molecule is Cc1cc(N)ccc1NC(=O)CN(C)c1ccccc1. The van der Waals surface area contributed by atoms with Gasteiger partial charge in [-0.1, -0.05) is 18.2 Å². The number of carbonyl (C=O) groups excluding carboxylic acids is 1. The fourth-order valence-corrected chi connectivity index (χ4v) is 2.01. The molecule has 104 valence electrons. The predicted octanol–water partition coefficient (Wildman–Crippen LogP) is 2.65. The van der Waals surface area contributed by atoms with Gasteiger partial charge >= 0.3 is 0 Å². The zero-order valence-electron chi connectivity index (χ0n) is 11.8. The van der Waals surface area contributed by atoms with Gasteiger partial charge < -0.3 is 16.0 Å². The maximum absolute atomic E-state index is 12.0. The number of rotatable bonds is 4. The van der Waals surface area contributed by atoms with Crippen molar-refractivity contribution in [2.45, 2.75) is 6.92 Å². The Morgan fingerprint density at radius 1 is 1.20 bits per heavy atom. The fourth-order valence-electron chi connectivity index (χ4n) is 2.01. The lowest BCUT2D eigenvalue weighted by Crippen LogP contribution is -2.30. The number of benzene rings is 2. The van der Waals surface area contributed by atoms with E-state index in [4.69, 9.17) is 5.73 Å². The minimum atomic E-state index is -0.0516. The van der Waals surface area contributed by atoms with Crippen LogP contribution in [0.2, 0.25) is 0 Å². The van der Waals surface area contributed by atoms with Crippen LogP contribution < -0.4 is 16.0 Å². The smallest absolute Gasteiger partial charge is 0.243 e. The van der Waals surface area contributed by atoms with Crippen LogP contribution in [0, 0.1) is 6.92 Å². The summed E-state index contributed by atoms with van der Waals surface area (Å²) in [6, 6.07) is 15.3. The van der Waals surface area contributed by atoms with E-state index in [2.05, 4.69) is 5.32 Å². The third-order valence-electron chi connectivity index (χ3n) is 3.10. The molecule has 1 amide bonds. The van der Waals surface area contributed by atoms with Crippen molar-refractivity contribution in [2.24, 2.45) is 0 Å². The van der Waals surface area contributed by atoms with Crippen LogP contribution in [0.4, 0.5) is 17.1 Å². The zero-order valence-corrected chi connectivity index (χ0v) is 11.8. The lowest BCUT2D eigenvalue weighted by Gasteiger charge is -2.19. The molecule has 4 heteroatoms. The molecule has 0 unspecified atom stereocenters. The highest BCUT2D eigenvalue weighted by Crippen LogP contribution is 2.18. The van der Waals surface area contributed by atoms with Crippen molar-refractivity contribution in [3.63, 3.8) is 0 Å². The molecule has 0 atom stereocenters. The minimum absolute atomic E-state index is 0.0516. The molecular formula is C16H19N3O. The molecule has 0 bridgehead atoms. The van der Waals surface area contributed by atoms with Gasteiger partial charge in [-0.15, -0.1) is 0 Å². The van der Waals surface area contributed by atoms with Crippen molar-refractivity contribution in [1.82, 2.24) is 0 Å². The topological polar surface area (TPSA) is 58.4 Å². The van der Waals surface area contributed by atoms with E-state index in [1.807, 2.05) is 61.3 Å². The Morgan fingerprint density at radius 3 is 2.55 bits per heavy atom. The van der Waals surface area contributed by atoms with Crippen LogP contribution in [0.15, 0.2) is 48.5 Å². The molecule has 0 radical (unpaired) electrons. The number of amides is 1. The fraction of sp³-hybridized carbons (Fsp3) is 0.188. The Bertz CT molecular complexity index is 596. The second-order valence-corrected chi connectivity index (χ2v) is 4.81. The number of nitrogens with zero attached hydrogens (tertiary/aromatic N) is 1. The molecule has 20 heavy (non-hydrogen) atoms. The molecule has 0 fully saturated rings. The van der Waals surface area contributed by atoms with Gasteiger partial charge in [0.1, 0.15) is 0 Å². The molecule has 2 aromatic rings. The van der Waals surface area contributed by atoms with Crippen molar-refractivity contribution in [3.8, 4) is 0 Å². The van der Waals surface area contributed by atoms with Crippen LogP contribution in [-0.4, -0.2) is 19.5 Å². The molecule has 0 aliphatic carbocycles. The van der Waals surface area contributed by atoms with E-state index in [1.54, 1.807) is 6.07 Å². The van der Waals surface area contributed by atoms with E-state index in [0.29, 0.717) is 12.2 Å². The summed E-state index contributed by atoms with van der Waals surface area (Å²) in [5.41, 5.74) is 9.16. The zero-order chi connectivity index (χ0) is 14.5. The number of hydrogen-bond acceptors (Lipinski definition) is 3. The molecule has 0 saturated heterocycles. The molecule has 0 heterocycles. The summed E-state index contributed by atoms with van der Waals surface area (Å²) in [5.74, 6) is -0.0516. The Morgan fingerprint density at radius 2 is 1.90 bits per heavy atom. The van der Waals surface area contributed by atoms with Crippen molar-refractivity contribution < 1.29 is 4.79 Å². The summed E-state index contributed by atoms with van der Waals surface area (Å²) < 4.78 is 0. The number of aryl methyl sites for hydroxylation is 1. The summed E-state index contributed by atoms with van der Waals surface area (Å²) in [6.07, 6.45) is 0. The number of nitrogens with one attached hydrogen (secondary N) is 1. The molecule has 3 N–H and O–H groups in total. The molecule has 0 aliphatic heterocycles. The Balaban J connectivity index is 1.99. The normalized spacial score (nSPS) is 10.1. The van der Waals surface area contributed by atoms with Crippen LogP contribution in [0.1, 0.15) is 5.56 Å². The Kier molecular flexibility index (Phi) is 4.25. The van der Waals surface area contributed by atoms with Gasteiger partial charge in [0.05, 0.1) is 6.54 Å². The largest absolute Gasteiger partial charge is 0.399 e. The van der Waals surface area contributed by atoms with Crippen molar-refractivity contribution in [2.75, 3.05) is 29.5 Å². The number of anilines is 3. The standard InChI is InChI=1S/C16H19N3O/c1-12-10-13(17)8-9-15(12)18-16(20)11-19(2)14-6-4-3-5-7-14/h3-10H,11,17H2,1-2H3,(H,18,20). The van der Waals surface area contributed by atoms with Crippen molar-refractivity contribution in [3.05, 3.63) is 54.1 Å². The van der Waals surface area contributed by atoms with E-state index in [1.165, 1.54) is 0 Å².